The molecule has 0 amide bonds. The zero-order chi connectivity index (χ0) is 13.0. The number of fused-ring (bicyclic) bond motifs is 3. The van der Waals surface area contributed by atoms with Crippen LogP contribution in [0.25, 0.3) is 0 Å². The summed E-state index contributed by atoms with van der Waals surface area (Å²) in [7, 11) is 0. The van der Waals surface area contributed by atoms with Crippen molar-refractivity contribution < 1.29 is 14.6 Å². The molecule has 2 saturated carbocycles. The zero-order valence-electron chi connectivity index (χ0n) is 11.4. The van der Waals surface area contributed by atoms with Crippen molar-refractivity contribution in [3.8, 4) is 0 Å². The molecule has 0 aromatic rings. The minimum atomic E-state index is -0.951. The van der Waals surface area contributed by atoms with Gasteiger partial charge in [0.2, 0.25) is 0 Å². The first-order valence-electron chi connectivity index (χ1n) is 7.43. The second-order valence-corrected chi connectivity index (χ2v) is 6.66. The first kappa shape index (κ1) is 12.6. The molecule has 102 valence electrons. The number of carbonyl (C=O) groups excluding carboxylic acids is 1. The van der Waals surface area contributed by atoms with Crippen molar-refractivity contribution in [3.05, 3.63) is 0 Å². The molecule has 3 heteroatoms. The highest BCUT2D eigenvalue weighted by Crippen LogP contribution is 2.58. The van der Waals surface area contributed by atoms with Gasteiger partial charge < -0.3 is 9.84 Å². The molecular formula is C15H24O3. The Morgan fingerprint density at radius 3 is 2.78 bits per heavy atom. The molecule has 2 aliphatic carbocycles. The number of rotatable bonds is 1. The van der Waals surface area contributed by atoms with E-state index in [4.69, 9.17) is 4.74 Å². The molecule has 1 N–H and O–H groups in total. The van der Waals surface area contributed by atoms with Crippen molar-refractivity contribution in [3.63, 3.8) is 0 Å². The first-order chi connectivity index (χ1) is 8.49. The molecule has 1 aliphatic heterocycles. The largest absolute Gasteiger partial charge is 0.365 e. The van der Waals surface area contributed by atoms with Crippen molar-refractivity contribution >= 4 is 5.78 Å². The fraction of sp³-hybridized carbons (Fsp3) is 0.933. The maximum atomic E-state index is 12.1. The van der Waals surface area contributed by atoms with Gasteiger partial charge in [0.15, 0.2) is 5.79 Å². The van der Waals surface area contributed by atoms with Gasteiger partial charge in [-0.05, 0) is 38.0 Å². The first-order valence-corrected chi connectivity index (χ1v) is 7.43. The van der Waals surface area contributed by atoms with Gasteiger partial charge in [-0.3, -0.25) is 4.79 Å². The molecule has 3 rings (SSSR count). The Hall–Kier alpha value is -0.410. The van der Waals surface area contributed by atoms with Crippen LogP contribution in [0.15, 0.2) is 0 Å². The van der Waals surface area contributed by atoms with E-state index in [-0.39, 0.29) is 17.4 Å². The molecule has 18 heavy (non-hydrogen) atoms. The summed E-state index contributed by atoms with van der Waals surface area (Å²) in [4.78, 5) is 12.1. The molecular weight excluding hydrogens is 228 g/mol. The van der Waals surface area contributed by atoms with Crippen LogP contribution in [-0.2, 0) is 9.53 Å². The average Bonchev–Trinajstić information content (AvgIpc) is 2.65. The SMILES string of the molecule is CCC1CCC2[C@H]3CCC(=O)[C@]3(C)CCC2(O)O1. The lowest BCUT2D eigenvalue weighted by atomic mass is 9.59. The Labute approximate surface area is 109 Å². The van der Waals surface area contributed by atoms with Gasteiger partial charge in [-0.1, -0.05) is 13.8 Å². The standard InChI is InChI=1S/C15H24O3/c1-3-10-4-5-12-11-6-7-13(16)14(11,2)8-9-15(12,17)18-10/h10-12,17H,3-9H2,1-2H3/t10?,11-,12?,14-,15?/m1/s1. The van der Waals surface area contributed by atoms with Crippen LogP contribution in [-0.4, -0.2) is 22.8 Å². The molecule has 5 atom stereocenters. The Bertz CT molecular complexity index is 367. The number of aliphatic hydroxyl groups is 1. The number of ether oxygens (including phenoxy) is 1. The van der Waals surface area contributed by atoms with Crippen molar-refractivity contribution in [2.24, 2.45) is 17.3 Å². The van der Waals surface area contributed by atoms with E-state index in [9.17, 15) is 9.90 Å². The van der Waals surface area contributed by atoms with E-state index in [1.54, 1.807) is 0 Å². The van der Waals surface area contributed by atoms with Crippen LogP contribution in [0.2, 0.25) is 0 Å². The zero-order valence-corrected chi connectivity index (χ0v) is 11.4. The van der Waals surface area contributed by atoms with E-state index in [0.717, 1.165) is 32.1 Å². The molecule has 1 saturated heterocycles. The lowest BCUT2D eigenvalue weighted by Gasteiger charge is -2.53. The van der Waals surface area contributed by atoms with E-state index in [0.29, 0.717) is 24.5 Å². The van der Waals surface area contributed by atoms with Gasteiger partial charge in [-0.25, -0.2) is 0 Å². The van der Waals surface area contributed by atoms with Gasteiger partial charge >= 0.3 is 0 Å². The van der Waals surface area contributed by atoms with Crippen LogP contribution in [0.1, 0.15) is 58.8 Å². The Kier molecular flexibility index (Phi) is 2.83. The number of ketones is 1. The normalized spacial score (nSPS) is 51.9. The molecule has 0 bridgehead atoms. The maximum Gasteiger partial charge on any atom is 0.168 e. The van der Waals surface area contributed by atoms with Gasteiger partial charge in [-0.15, -0.1) is 0 Å². The molecule has 0 radical (unpaired) electrons. The minimum absolute atomic E-state index is 0.172. The van der Waals surface area contributed by atoms with Gasteiger partial charge in [0.05, 0.1) is 6.10 Å². The van der Waals surface area contributed by atoms with Crippen molar-refractivity contribution in [2.75, 3.05) is 0 Å². The highest BCUT2D eigenvalue weighted by Gasteiger charge is 2.60. The van der Waals surface area contributed by atoms with Gasteiger partial charge in [0.1, 0.15) is 5.78 Å². The molecule has 3 unspecified atom stereocenters. The van der Waals surface area contributed by atoms with Crippen LogP contribution >= 0.6 is 0 Å². The van der Waals surface area contributed by atoms with E-state index < -0.39 is 5.79 Å². The molecule has 1 heterocycles. The summed E-state index contributed by atoms with van der Waals surface area (Å²) < 4.78 is 5.96. The van der Waals surface area contributed by atoms with Gasteiger partial charge in [0.25, 0.3) is 0 Å². The fourth-order valence-electron chi connectivity index (χ4n) is 4.58. The molecule has 0 aromatic carbocycles. The molecule has 3 nitrogen and oxygen atoms in total. The molecule has 3 aliphatic rings. The van der Waals surface area contributed by atoms with Gasteiger partial charge in [0, 0.05) is 24.2 Å². The summed E-state index contributed by atoms with van der Waals surface area (Å²) in [5.74, 6) is -0.0347. The summed E-state index contributed by atoms with van der Waals surface area (Å²) in [6.07, 6.45) is 6.29. The number of Topliss-reactive ketones (excluding diaryl/α,β-unsaturated/α-hetero) is 1. The Morgan fingerprint density at radius 1 is 1.28 bits per heavy atom. The van der Waals surface area contributed by atoms with Crippen LogP contribution in [0, 0.1) is 17.3 Å². The molecule has 0 aromatic heterocycles. The number of hydrogen-bond acceptors (Lipinski definition) is 3. The predicted octanol–water partition coefficient (Wildman–Crippen LogP) is 2.66. The van der Waals surface area contributed by atoms with E-state index in [2.05, 4.69) is 13.8 Å². The van der Waals surface area contributed by atoms with E-state index in [1.807, 2.05) is 0 Å². The molecule has 3 fully saturated rings. The highest BCUT2D eigenvalue weighted by molar-refractivity contribution is 5.87. The second kappa shape index (κ2) is 4.04. The summed E-state index contributed by atoms with van der Waals surface area (Å²) in [6, 6.07) is 0. The fourth-order valence-corrected chi connectivity index (χ4v) is 4.58. The Morgan fingerprint density at radius 2 is 2.06 bits per heavy atom. The lowest BCUT2D eigenvalue weighted by Crippen LogP contribution is -2.57. The summed E-state index contributed by atoms with van der Waals surface area (Å²) >= 11 is 0. The minimum Gasteiger partial charge on any atom is -0.365 e. The van der Waals surface area contributed by atoms with Crippen molar-refractivity contribution in [2.45, 2.75) is 70.7 Å². The third kappa shape index (κ3) is 1.60. The quantitative estimate of drug-likeness (QED) is 0.780. The van der Waals surface area contributed by atoms with Crippen molar-refractivity contribution in [1.29, 1.82) is 0 Å². The highest BCUT2D eigenvalue weighted by atomic mass is 16.6. The van der Waals surface area contributed by atoms with Crippen LogP contribution in [0.5, 0.6) is 0 Å². The van der Waals surface area contributed by atoms with Gasteiger partial charge in [-0.2, -0.15) is 0 Å². The van der Waals surface area contributed by atoms with E-state index >= 15 is 0 Å². The maximum absolute atomic E-state index is 12.1. The smallest absolute Gasteiger partial charge is 0.168 e. The molecule has 0 spiro atoms. The van der Waals surface area contributed by atoms with Crippen molar-refractivity contribution in [1.82, 2.24) is 0 Å². The number of carbonyl (C=O) groups is 1. The monoisotopic (exact) mass is 252 g/mol. The number of hydrogen-bond donors (Lipinski definition) is 1. The lowest BCUT2D eigenvalue weighted by molar-refractivity contribution is -0.314. The summed E-state index contributed by atoms with van der Waals surface area (Å²) in [5, 5.41) is 10.8. The summed E-state index contributed by atoms with van der Waals surface area (Å²) in [5.41, 5.74) is -0.181. The third-order valence-corrected chi connectivity index (χ3v) is 5.83. The van der Waals surface area contributed by atoms with Crippen LogP contribution < -0.4 is 0 Å². The summed E-state index contributed by atoms with van der Waals surface area (Å²) in [6.45, 7) is 4.22. The van der Waals surface area contributed by atoms with Crippen LogP contribution in [0.4, 0.5) is 0 Å². The third-order valence-electron chi connectivity index (χ3n) is 5.83. The predicted molar refractivity (Wildman–Crippen MR) is 67.9 cm³/mol. The van der Waals surface area contributed by atoms with Crippen LogP contribution in [0.3, 0.4) is 0 Å². The van der Waals surface area contributed by atoms with E-state index in [1.165, 1.54) is 0 Å². The second-order valence-electron chi connectivity index (χ2n) is 6.66. The Balaban J connectivity index is 1.87. The average molecular weight is 252 g/mol. The topological polar surface area (TPSA) is 46.5 Å².